The summed E-state index contributed by atoms with van der Waals surface area (Å²) >= 11 is 3.28. The van der Waals surface area contributed by atoms with Gasteiger partial charge in [-0.15, -0.1) is 0 Å². The molecule has 2 heterocycles. The van der Waals surface area contributed by atoms with Crippen LogP contribution in [0.15, 0.2) is 0 Å². The monoisotopic (exact) mass is 698 g/mol. The van der Waals surface area contributed by atoms with Crippen LogP contribution in [-0.2, 0) is 80.9 Å². The third-order valence-electron chi connectivity index (χ3n) is 5.87. The maximum Gasteiger partial charge on any atom is 0.303 e. The van der Waals surface area contributed by atoms with E-state index >= 15 is 0 Å². The average molecular weight is 699 g/mol. The summed E-state index contributed by atoms with van der Waals surface area (Å²) < 4.78 is 55.0. The fourth-order valence-electron chi connectivity index (χ4n) is 4.46. The number of halogens is 1. The zero-order valence-corrected chi connectivity index (χ0v) is 26.6. The van der Waals surface area contributed by atoms with Crippen molar-refractivity contribution in [3.63, 3.8) is 0 Å². The normalized spacial score (nSPS) is 31.5. The topological polar surface area (TPSA) is 212 Å². The molecule has 0 aromatic carbocycles. The molecule has 0 radical (unpaired) electrons. The SMILES string of the molecule is CC(=O)OC[C@H]1O[C@H](Br)[C@H](O[C@@H]2O[C@H](COC(C)=O)[C@@H](OC(C)=O)[C@H](OC(C)=O)[C@H]2OC(C)=O)[C@@H](OC(C)=O)[C@@H]1OC(C)=O. The molecular formula is C26H35BrO17. The van der Waals surface area contributed by atoms with Crippen LogP contribution in [0, 0.1) is 0 Å². The third kappa shape index (κ3) is 11.0. The average Bonchev–Trinajstić information content (AvgIpc) is 2.87. The predicted molar refractivity (Wildman–Crippen MR) is 142 cm³/mol. The van der Waals surface area contributed by atoms with Crippen LogP contribution in [0.4, 0.5) is 0 Å². The van der Waals surface area contributed by atoms with Gasteiger partial charge in [0.1, 0.15) is 36.5 Å². The second-order valence-corrected chi connectivity index (χ2v) is 10.5. The van der Waals surface area contributed by atoms with E-state index in [1.54, 1.807) is 0 Å². The minimum atomic E-state index is -1.69. The molecule has 10 atom stereocenters. The molecule has 0 N–H and O–H groups in total. The van der Waals surface area contributed by atoms with E-state index in [0.29, 0.717) is 0 Å². The fourth-order valence-corrected chi connectivity index (χ4v) is 5.16. The molecule has 18 heteroatoms. The molecule has 0 aromatic rings. The third-order valence-corrected chi connectivity index (χ3v) is 6.61. The number of rotatable bonds is 11. The summed E-state index contributed by atoms with van der Waals surface area (Å²) in [5.74, 6) is -5.59. The lowest BCUT2D eigenvalue weighted by Gasteiger charge is -2.48. The maximum absolute atomic E-state index is 12.2. The van der Waals surface area contributed by atoms with E-state index in [-0.39, 0.29) is 0 Å². The van der Waals surface area contributed by atoms with Crippen molar-refractivity contribution in [2.75, 3.05) is 13.2 Å². The van der Waals surface area contributed by atoms with Gasteiger partial charge in [0.2, 0.25) is 0 Å². The summed E-state index contributed by atoms with van der Waals surface area (Å²) in [5.41, 5.74) is 0. The summed E-state index contributed by atoms with van der Waals surface area (Å²) in [6.45, 7) is 6.66. The van der Waals surface area contributed by atoms with Crippen molar-refractivity contribution >= 4 is 57.7 Å². The van der Waals surface area contributed by atoms with Gasteiger partial charge in [-0.2, -0.15) is 0 Å². The van der Waals surface area contributed by atoms with Crippen molar-refractivity contribution in [2.45, 2.75) is 109 Å². The van der Waals surface area contributed by atoms with E-state index in [1.807, 2.05) is 0 Å². The summed E-state index contributed by atoms with van der Waals surface area (Å²) in [5, 5.41) is -1.17. The highest BCUT2D eigenvalue weighted by molar-refractivity contribution is 9.09. The number of carbonyl (C=O) groups excluding carboxylic acids is 7. The van der Waals surface area contributed by atoms with Crippen LogP contribution in [0.1, 0.15) is 48.5 Å². The summed E-state index contributed by atoms with van der Waals surface area (Å²) in [6.07, 6.45) is -13.0. The second-order valence-electron chi connectivity index (χ2n) is 9.64. The van der Waals surface area contributed by atoms with E-state index in [9.17, 15) is 33.6 Å². The molecule has 0 saturated carbocycles. The van der Waals surface area contributed by atoms with Crippen LogP contribution < -0.4 is 0 Å². The summed E-state index contributed by atoms with van der Waals surface area (Å²) in [7, 11) is 0. The first kappa shape index (κ1) is 36.8. The lowest BCUT2D eigenvalue weighted by atomic mass is 9.96. The van der Waals surface area contributed by atoms with Gasteiger partial charge in [-0.3, -0.25) is 33.6 Å². The molecule has 2 rings (SSSR count). The Labute approximate surface area is 260 Å². The van der Waals surface area contributed by atoms with Gasteiger partial charge in [-0.25, -0.2) is 0 Å². The van der Waals surface area contributed by atoms with Crippen molar-refractivity contribution < 1.29 is 80.9 Å². The van der Waals surface area contributed by atoms with Gasteiger partial charge in [-0.05, 0) is 0 Å². The van der Waals surface area contributed by atoms with Crippen LogP contribution in [-0.4, -0.2) is 115 Å². The van der Waals surface area contributed by atoms with Gasteiger partial charge < -0.3 is 47.4 Å². The summed E-state index contributed by atoms with van der Waals surface area (Å²) in [6, 6.07) is 0. The highest BCUT2D eigenvalue weighted by Crippen LogP contribution is 2.36. The Morgan fingerprint density at radius 1 is 0.477 bits per heavy atom. The quantitative estimate of drug-likeness (QED) is 0.158. The van der Waals surface area contributed by atoms with Crippen LogP contribution in [0.2, 0.25) is 0 Å². The number of hydrogen-bond acceptors (Lipinski definition) is 17. The van der Waals surface area contributed by atoms with Crippen molar-refractivity contribution in [3.8, 4) is 0 Å². The lowest BCUT2D eigenvalue weighted by molar-refractivity contribution is -0.337. The molecule has 2 aliphatic rings. The molecule has 2 aliphatic heterocycles. The fraction of sp³-hybridized carbons (Fsp3) is 0.731. The molecule has 17 nitrogen and oxygen atoms in total. The Morgan fingerprint density at radius 2 is 0.818 bits per heavy atom. The zero-order valence-electron chi connectivity index (χ0n) is 25.0. The Kier molecular flexibility index (Phi) is 13.9. The first-order valence-electron chi connectivity index (χ1n) is 13.2. The van der Waals surface area contributed by atoms with E-state index in [2.05, 4.69) is 15.9 Å². The standard InChI is InChI=1S/C26H35BrO17/c1-10(28)35-8-17-19(37-12(3)30)21(39-14(5)32)23(25(27)42-17)44-26-24(41-16(7)34)22(40-15(6)33)20(38-13(4)31)18(43-26)9-36-11(2)29/h17-26H,8-9H2,1-7H3/t17-,18-,19-,20-,21+,22+,23-,24-,25+,26+/m1/s1. The number of carbonyl (C=O) groups is 7. The van der Waals surface area contributed by atoms with Gasteiger partial charge >= 0.3 is 41.8 Å². The number of esters is 7. The second kappa shape index (κ2) is 16.6. The molecule has 0 aromatic heterocycles. The van der Waals surface area contributed by atoms with Crippen molar-refractivity contribution in [1.82, 2.24) is 0 Å². The van der Waals surface area contributed by atoms with Crippen molar-refractivity contribution in [1.29, 1.82) is 0 Å². The maximum atomic E-state index is 12.2. The van der Waals surface area contributed by atoms with Crippen LogP contribution in [0.3, 0.4) is 0 Å². The van der Waals surface area contributed by atoms with Crippen LogP contribution in [0.25, 0.3) is 0 Å². The summed E-state index contributed by atoms with van der Waals surface area (Å²) in [4.78, 5) is 83.6. The Bertz CT molecular complexity index is 1090. The highest BCUT2D eigenvalue weighted by atomic mass is 79.9. The number of ether oxygens (including phenoxy) is 10. The Morgan fingerprint density at radius 3 is 1.20 bits per heavy atom. The first-order chi connectivity index (χ1) is 20.5. The lowest BCUT2D eigenvalue weighted by Crippen LogP contribution is -2.66. The van der Waals surface area contributed by atoms with Gasteiger partial charge in [0.15, 0.2) is 36.8 Å². The first-order valence-corrected chi connectivity index (χ1v) is 14.1. The van der Waals surface area contributed by atoms with Gasteiger partial charge in [0.25, 0.3) is 0 Å². The molecular weight excluding hydrogens is 664 g/mol. The molecule has 2 saturated heterocycles. The molecule has 0 amide bonds. The number of alkyl halides is 1. The van der Waals surface area contributed by atoms with Gasteiger partial charge in [0.05, 0.1) is 0 Å². The van der Waals surface area contributed by atoms with Crippen molar-refractivity contribution in [2.24, 2.45) is 0 Å². The molecule has 0 aliphatic carbocycles. The van der Waals surface area contributed by atoms with E-state index in [4.69, 9.17) is 47.4 Å². The molecule has 0 unspecified atom stereocenters. The highest BCUT2D eigenvalue weighted by Gasteiger charge is 2.57. The number of hydrogen-bond donors (Lipinski definition) is 0. The Balaban J connectivity index is 2.59. The van der Waals surface area contributed by atoms with E-state index in [1.165, 1.54) is 0 Å². The largest absolute Gasteiger partial charge is 0.463 e. The minimum absolute atomic E-state index is 0.404. The van der Waals surface area contributed by atoms with Gasteiger partial charge in [0, 0.05) is 48.5 Å². The van der Waals surface area contributed by atoms with Crippen molar-refractivity contribution in [3.05, 3.63) is 0 Å². The predicted octanol–water partition coefficient (Wildman–Crippen LogP) is 0.00100. The molecule has 0 spiro atoms. The molecule has 0 bridgehead atoms. The van der Waals surface area contributed by atoms with Crippen LogP contribution >= 0.6 is 15.9 Å². The van der Waals surface area contributed by atoms with E-state index in [0.717, 1.165) is 48.5 Å². The molecule has 2 fully saturated rings. The molecule has 44 heavy (non-hydrogen) atoms. The smallest absolute Gasteiger partial charge is 0.303 e. The Hall–Kier alpha value is -3.35. The molecule has 248 valence electrons. The van der Waals surface area contributed by atoms with Gasteiger partial charge in [-0.1, -0.05) is 15.9 Å². The van der Waals surface area contributed by atoms with Crippen LogP contribution in [0.5, 0.6) is 0 Å². The minimum Gasteiger partial charge on any atom is -0.463 e. The zero-order chi connectivity index (χ0) is 33.3. The van der Waals surface area contributed by atoms with E-state index < -0.39 is 115 Å².